The first-order valence-electron chi connectivity index (χ1n) is 6.28. The highest BCUT2D eigenvalue weighted by molar-refractivity contribution is 6.42. The van der Waals surface area contributed by atoms with E-state index in [1.54, 1.807) is 6.07 Å². The van der Waals surface area contributed by atoms with Crippen LogP contribution in [-0.4, -0.2) is 5.91 Å². The summed E-state index contributed by atoms with van der Waals surface area (Å²) in [4.78, 5) is 12.0. The maximum absolute atomic E-state index is 12.0. The van der Waals surface area contributed by atoms with E-state index < -0.39 is 0 Å². The van der Waals surface area contributed by atoms with Crippen LogP contribution in [0.5, 0.6) is 0 Å². The summed E-state index contributed by atoms with van der Waals surface area (Å²) in [6.07, 6.45) is 2.61. The van der Waals surface area contributed by atoms with Crippen molar-refractivity contribution in [3.63, 3.8) is 0 Å². The Morgan fingerprint density at radius 3 is 2.56 bits per heavy atom. The zero-order valence-corrected chi connectivity index (χ0v) is 12.5. The van der Waals surface area contributed by atoms with Gasteiger partial charge in [0.2, 0.25) is 5.91 Å². The van der Waals surface area contributed by atoms with Crippen molar-refractivity contribution in [3.8, 4) is 0 Å². The molecule has 0 radical (unpaired) electrons. The zero-order valence-electron chi connectivity index (χ0n) is 11.0. The van der Waals surface area contributed by atoms with Crippen molar-refractivity contribution in [3.05, 3.63) is 27.7 Å². The van der Waals surface area contributed by atoms with E-state index in [9.17, 15) is 4.79 Å². The molecule has 0 bridgehead atoms. The van der Waals surface area contributed by atoms with Crippen LogP contribution in [0.15, 0.2) is 12.1 Å². The molecule has 0 aliphatic heterocycles. The third-order valence-corrected chi connectivity index (χ3v) is 3.82. The van der Waals surface area contributed by atoms with Gasteiger partial charge >= 0.3 is 0 Å². The van der Waals surface area contributed by atoms with Crippen LogP contribution in [0.2, 0.25) is 10.0 Å². The number of carbonyl (C=O) groups excluding carboxylic acids is 1. The highest BCUT2D eigenvalue weighted by Gasteiger charge is 2.15. The molecule has 0 aliphatic rings. The Balaban J connectivity index is 2.91. The molecule has 0 aromatic heterocycles. The van der Waals surface area contributed by atoms with Crippen molar-refractivity contribution >= 4 is 34.8 Å². The second kappa shape index (κ2) is 7.01. The van der Waals surface area contributed by atoms with E-state index in [1.165, 1.54) is 0 Å². The lowest BCUT2D eigenvalue weighted by Gasteiger charge is -2.15. The van der Waals surface area contributed by atoms with Crippen LogP contribution in [0.3, 0.4) is 0 Å². The second-order valence-corrected chi connectivity index (χ2v) is 5.21. The summed E-state index contributed by atoms with van der Waals surface area (Å²) in [5.41, 5.74) is 1.65. The van der Waals surface area contributed by atoms with Gasteiger partial charge in [-0.3, -0.25) is 4.79 Å². The van der Waals surface area contributed by atoms with Crippen LogP contribution in [0, 0.1) is 5.92 Å². The number of nitrogens with one attached hydrogen (secondary N) is 1. The number of amides is 1. The predicted octanol–water partition coefficient (Wildman–Crippen LogP) is 4.93. The summed E-state index contributed by atoms with van der Waals surface area (Å²) in [6.45, 7) is 5.99. The van der Waals surface area contributed by atoms with E-state index in [2.05, 4.69) is 12.2 Å². The quantitative estimate of drug-likeness (QED) is 0.817. The molecule has 0 spiro atoms. The van der Waals surface area contributed by atoms with Gasteiger partial charge in [-0.15, -0.1) is 0 Å². The molecule has 4 heteroatoms. The lowest BCUT2D eigenvalue weighted by molar-refractivity contribution is -0.119. The number of halogens is 2. The van der Waals surface area contributed by atoms with Crippen LogP contribution in [-0.2, 0) is 11.2 Å². The molecule has 0 saturated carbocycles. The molecule has 0 unspecified atom stereocenters. The van der Waals surface area contributed by atoms with Crippen LogP contribution in [0.4, 0.5) is 5.69 Å². The highest BCUT2D eigenvalue weighted by Crippen LogP contribution is 2.32. The predicted molar refractivity (Wildman–Crippen MR) is 78.5 cm³/mol. The van der Waals surface area contributed by atoms with Gasteiger partial charge in [0.1, 0.15) is 0 Å². The van der Waals surface area contributed by atoms with Gasteiger partial charge in [-0.25, -0.2) is 0 Å². The average molecular weight is 288 g/mol. The topological polar surface area (TPSA) is 29.1 Å². The number of anilines is 1. The molecule has 0 fully saturated rings. The van der Waals surface area contributed by atoms with Gasteiger partial charge in [0.25, 0.3) is 0 Å². The molecule has 0 heterocycles. The minimum Gasteiger partial charge on any atom is -0.326 e. The number of hydrogen-bond acceptors (Lipinski definition) is 1. The summed E-state index contributed by atoms with van der Waals surface area (Å²) in [6, 6.07) is 3.52. The summed E-state index contributed by atoms with van der Waals surface area (Å²) in [7, 11) is 0. The van der Waals surface area contributed by atoms with Crippen molar-refractivity contribution in [1.29, 1.82) is 0 Å². The Labute approximate surface area is 119 Å². The monoisotopic (exact) mass is 287 g/mol. The summed E-state index contributed by atoms with van der Waals surface area (Å²) < 4.78 is 0. The van der Waals surface area contributed by atoms with Crippen LogP contribution < -0.4 is 5.32 Å². The largest absolute Gasteiger partial charge is 0.326 e. The molecule has 1 amide bonds. The zero-order chi connectivity index (χ0) is 13.7. The molecule has 1 aromatic carbocycles. The molecule has 1 rings (SSSR count). The molecular weight excluding hydrogens is 269 g/mol. The molecule has 2 nitrogen and oxygen atoms in total. The van der Waals surface area contributed by atoms with Crippen LogP contribution in [0.25, 0.3) is 0 Å². The Morgan fingerprint density at radius 2 is 2.00 bits per heavy atom. The van der Waals surface area contributed by atoms with Crippen molar-refractivity contribution in [1.82, 2.24) is 0 Å². The molecule has 18 heavy (non-hydrogen) atoms. The Hall–Kier alpha value is -0.730. The lowest BCUT2D eigenvalue weighted by Crippen LogP contribution is -2.21. The Morgan fingerprint density at radius 1 is 1.33 bits per heavy atom. The van der Waals surface area contributed by atoms with Gasteiger partial charge < -0.3 is 5.32 Å². The normalized spacial score (nSPS) is 12.3. The van der Waals surface area contributed by atoms with Gasteiger partial charge in [-0.2, -0.15) is 0 Å². The fraction of sp³-hybridized carbons (Fsp3) is 0.500. The highest BCUT2D eigenvalue weighted by atomic mass is 35.5. The van der Waals surface area contributed by atoms with E-state index in [1.807, 2.05) is 19.9 Å². The SMILES string of the molecule is CCC[C@H](C)C(=O)Nc1ccc(Cl)c(Cl)c1CC. The lowest BCUT2D eigenvalue weighted by atomic mass is 10.0. The van der Waals surface area contributed by atoms with Crippen molar-refractivity contribution in [2.75, 3.05) is 5.32 Å². The summed E-state index contributed by atoms with van der Waals surface area (Å²) >= 11 is 12.1. The summed E-state index contributed by atoms with van der Waals surface area (Å²) in [5.74, 6) is 0.0408. The fourth-order valence-corrected chi connectivity index (χ4v) is 2.35. The standard InChI is InChI=1S/C14H19Cl2NO/c1-4-6-9(3)14(18)17-12-8-7-11(15)13(16)10(12)5-2/h7-9H,4-6H2,1-3H3,(H,17,18)/t9-/m0/s1. The number of rotatable bonds is 5. The molecule has 0 aliphatic carbocycles. The molecular formula is C14H19Cl2NO. The average Bonchev–Trinajstić information content (AvgIpc) is 2.34. The van der Waals surface area contributed by atoms with Crippen LogP contribution in [0.1, 0.15) is 39.2 Å². The third kappa shape index (κ3) is 3.63. The summed E-state index contributed by atoms with van der Waals surface area (Å²) in [5, 5.41) is 3.98. The molecule has 1 aromatic rings. The third-order valence-electron chi connectivity index (χ3n) is 2.98. The smallest absolute Gasteiger partial charge is 0.227 e. The van der Waals surface area contributed by atoms with Gasteiger partial charge in [0.05, 0.1) is 10.0 Å². The maximum Gasteiger partial charge on any atom is 0.227 e. The fourth-order valence-electron chi connectivity index (χ4n) is 1.88. The van der Waals surface area contributed by atoms with Gasteiger partial charge in [0.15, 0.2) is 0 Å². The van der Waals surface area contributed by atoms with Gasteiger partial charge in [-0.05, 0) is 30.5 Å². The van der Waals surface area contributed by atoms with Crippen molar-refractivity contribution in [2.45, 2.75) is 40.0 Å². The Kier molecular flexibility index (Phi) is 5.97. The van der Waals surface area contributed by atoms with E-state index >= 15 is 0 Å². The second-order valence-electron chi connectivity index (χ2n) is 4.42. The minimum absolute atomic E-state index is 0.00848. The first-order valence-corrected chi connectivity index (χ1v) is 7.04. The first kappa shape index (κ1) is 15.3. The van der Waals surface area contributed by atoms with Crippen molar-refractivity contribution in [2.24, 2.45) is 5.92 Å². The van der Waals surface area contributed by atoms with Crippen molar-refractivity contribution < 1.29 is 4.79 Å². The van der Waals surface area contributed by atoms with Gasteiger partial charge in [0, 0.05) is 11.6 Å². The van der Waals surface area contributed by atoms with E-state index in [-0.39, 0.29) is 11.8 Å². The maximum atomic E-state index is 12.0. The number of hydrogen-bond donors (Lipinski definition) is 1. The molecule has 1 N–H and O–H groups in total. The number of carbonyl (C=O) groups is 1. The minimum atomic E-state index is 0.00848. The van der Waals surface area contributed by atoms with E-state index in [4.69, 9.17) is 23.2 Å². The Bertz CT molecular complexity index is 432. The van der Waals surface area contributed by atoms with E-state index in [0.717, 1.165) is 30.5 Å². The molecule has 100 valence electrons. The van der Waals surface area contributed by atoms with Crippen LogP contribution >= 0.6 is 23.2 Å². The molecule has 0 saturated heterocycles. The first-order chi connectivity index (χ1) is 8.51. The number of benzene rings is 1. The van der Waals surface area contributed by atoms with Gasteiger partial charge in [-0.1, -0.05) is 50.4 Å². The van der Waals surface area contributed by atoms with E-state index in [0.29, 0.717) is 10.0 Å². The molecule has 1 atom stereocenters.